The number of nitrogens with two attached hydrogens (primary N) is 1. The molecule has 1 amide bonds. The molecule has 33 heavy (non-hydrogen) atoms. The number of pyridine rings is 1. The average Bonchev–Trinajstić information content (AvgIpc) is 2.81. The summed E-state index contributed by atoms with van der Waals surface area (Å²) in [7, 11) is 3.17. The first-order valence-electron chi connectivity index (χ1n) is 10.7. The largest absolute Gasteiger partial charge is 0.496 e. The molecule has 9 nitrogen and oxygen atoms in total. The highest BCUT2D eigenvalue weighted by Crippen LogP contribution is 2.29. The molecular formula is C23H33ClN4O5. The van der Waals surface area contributed by atoms with Gasteiger partial charge in [0.15, 0.2) is 0 Å². The van der Waals surface area contributed by atoms with Gasteiger partial charge in [-0.2, -0.15) is 0 Å². The van der Waals surface area contributed by atoms with Crippen LogP contribution in [-0.2, 0) is 4.74 Å². The van der Waals surface area contributed by atoms with Gasteiger partial charge in [-0.1, -0.05) is 11.6 Å². The van der Waals surface area contributed by atoms with Crippen LogP contribution in [0.5, 0.6) is 11.5 Å². The minimum atomic E-state index is -0.253. The second-order valence-corrected chi connectivity index (χ2v) is 8.17. The van der Waals surface area contributed by atoms with E-state index in [1.165, 1.54) is 13.2 Å². The lowest BCUT2D eigenvalue weighted by molar-refractivity contribution is 0.00578. The molecule has 5 N–H and O–H groups in total. The van der Waals surface area contributed by atoms with E-state index >= 15 is 0 Å². The van der Waals surface area contributed by atoms with Crippen molar-refractivity contribution in [2.24, 2.45) is 0 Å². The van der Waals surface area contributed by atoms with Crippen LogP contribution < -0.4 is 20.5 Å². The Morgan fingerprint density at radius 3 is 2.85 bits per heavy atom. The summed E-state index contributed by atoms with van der Waals surface area (Å²) in [5, 5.41) is 3.40. The van der Waals surface area contributed by atoms with Crippen molar-refractivity contribution < 1.29 is 24.5 Å². The molecule has 1 aromatic heterocycles. The number of benzene rings is 1. The number of rotatable bonds is 10. The molecule has 1 aliphatic heterocycles. The first-order chi connectivity index (χ1) is 15.5. The van der Waals surface area contributed by atoms with Crippen LogP contribution in [0.4, 0.5) is 5.69 Å². The molecule has 0 aliphatic carbocycles. The zero-order valence-electron chi connectivity index (χ0n) is 19.1. The number of anilines is 1. The topological polar surface area (TPSA) is 130 Å². The standard InChI is InChI=1S/C23H31ClN4O4.H2O/c1-30-21-13-19(25)18(24)12-17(21)23(29)27-20-7-10-28(15-22(20)31-2)9-3-4-11-32-16-6-5-8-26-14-16;/h5-6,8,12-14,20,22H,3-4,7,9-11,15,25H2,1-2H3,(H,27,29);1H2. The van der Waals surface area contributed by atoms with E-state index in [1.807, 2.05) is 12.1 Å². The molecule has 0 spiro atoms. The molecule has 1 aliphatic rings. The Kier molecular flexibility index (Phi) is 10.7. The number of nitrogens with one attached hydrogen (secondary N) is 1. The molecule has 3 rings (SSSR count). The average molecular weight is 481 g/mol. The summed E-state index contributed by atoms with van der Waals surface area (Å²) >= 11 is 6.11. The van der Waals surface area contributed by atoms with Crippen LogP contribution >= 0.6 is 11.6 Å². The second kappa shape index (κ2) is 13.2. The van der Waals surface area contributed by atoms with E-state index in [9.17, 15) is 4.79 Å². The van der Waals surface area contributed by atoms with Crippen molar-refractivity contribution in [3.05, 3.63) is 47.2 Å². The quantitative estimate of drug-likeness (QED) is 0.393. The maximum absolute atomic E-state index is 12.9. The van der Waals surface area contributed by atoms with Gasteiger partial charge < -0.3 is 35.6 Å². The minimum absolute atomic E-state index is 0. The lowest BCUT2D eigenvalue weighted by Gasteiger charge is -2.38. The summed E-state index contributed by atoms with van der Waals surface area (Å²) in [6.45, 7) is 3.26. The number of piperidine rings is 1. The molecule has 0 saturated carbocycles. The van der Waals surface area contributed by atoms with Gasteiger partial charge in [0, 0.05) is 32.5 Å². The summed E-state index contributed by atoms with van der Waals surface area (Å²) in [6, 6.07) is 6.77. The smallest absolute Gasteiger partial charge is 0.255 e. The van der Waals surface area contributed by atoms with E-state index < -0.39 is 0 Å². The fourth-order valence-corrected chi connectivity index (χ4v) is 3.97. The number of hydrogen-bond acceptors (Lipinski definition) is 7. The number of aromatic nitrogens is 1. The molecule has 182 valence electrons. The number of ether oxygens (including phenoxy) is 3. The SMILES string of the molecule is COc1cc(N)c(Cl)cc1C(=O)NC1CCN(CCCCOc2cccnc2)CC1OC.O. The van der Waals surface area contributed by atoms with E-state index in [2.05, 4.69) is 15.2 Å². The number of nitrogen functional groups attached to an aromatic ring is 1. The second-order valence-electron chi connectivity index (χ2n) is 7.76. The molecule has 0 radical (unpaired) electrons. The van der Waals surface area contributed by atoms with Crippen molar-refractivity contribution in [3.63, 3.8) is 0 Å². The highest BCUT2D eigenvalue weighted by atomic mass is 35.5. The maximum atomic E-state index is 12.9. The summed E-state index contributed by atoms with van der Waals surface area (Å²) in [4.78, 5) is 19.3. The van der Waals surface area contributed by atoms with Crippen molar-refractivity contribution in [1.82, 2.24) is 15.2 Å². The molecule has 1 fully saturated rings. The third-order valence-electron chi connectivity index (χ3n) is 5.60. The van der Waals surface area contributed by atoms with Gasteiger partial charge in [-0.05, 0) is 44.0 Å². The Labute approximate surface area is 199 Å². The minimum Gasteiger partial charge on any atom is -0.496 e. The molecule has 1 saturated heterocycles. The summed E-state index contributed by atoms with van der Waals surface area (Å²) < 4.78 is 16.7. The predicted octanol–water partition coefficient (Wildman–Crippen LogP) is 2.18. The number of halogens is 1. The third kappa shape index (κ3) is 7.46. The van der Waals surface area contributed by atoms with Gasteiger partial charge in [-0.25, -0.2) is 0 Å². The Bertz CT molecular complexity index is 887. The van der Waals surface area contributed by atoms with Gasteiger partial charge in [0.05, 0.1) is 48.3 Å². The van der Waals surface area contributed by atoms with Gasteiger partial charge in [0.2, 0.25) is 0 Å². The van der Waals surface area contributed by atoms with Crippen LogP contribution in [0.1, 0.15) is 29.6 Å². The van der Waals surface area contributed by atoms with Crippen molar-refractivity contribution in [2.75, 3.05) is 46.2 Å². The number of methoxy groups -OCH3 is 2. The van der Waals surface area contributed by atoms with E-state index in [0.717, 1.165) is 44.6 Å². The molecule has 2 unspecified atom stereocenters. The van der Waals surface area contributed by atoms with Gasteiger partial charge in [0.25, 0.3) is 5.91 Å². The predicted molar refractivity (Wildman–Crippen MR) is 128 cm³/mol. The molecule has 0 bridgehead atoms. The zero-order chi connectivity index (χ0) is 22.9. The Balaban J connectivity index is 0.00000385. The first kappa shape index (κ1) is 26.7. The number of carbonyl (C=O) groups is 1. The number of amides is 1. The third-order valence-corrected chi connectivity index (χ3v) is 5.93. The lowest BCUT2D eigenvalue weighted by Crippen LogP contribution is -2.54. The monoisotopic (exact) mass is 480 g/mol. The van der Waals surface area contributed by atoms with E-state index in [-0.39, 0.29) is 23.5 Å². The van der Waals surface area contributed by atoms with Crippen molar-refractivity contribution in [1.29, 1.82) is 0 Å². The van der Waals surface area contributed by atoms with E-state index in [4.69, 9.17) is 31.5 Å². The first-order valence-corrected chi connectivity index (χ1v) is 11.1. The van der Waals surface area contributed by atoms with Gasteiger partial charge >= 0.3 is 0 Å². The fraction of sp³-hybridized carbons (Fsp3) is 0.478. The number of hydrogen-bond donors (Lipinski definition) is 2. The molecule has 1 aromatic carbocycles. The molecule has 2 atom stereocenters. The van der Waals surface area contributed by atoms with Crippen molar-refractivity contribution in [3.8, 4) is 11.5 Å². The molecule has 2 heterocycles. The zero-order valence-corrected chi connectivity index (χ0v) is 19.8. The van der Waals surface area contributed by atoms with Crippen LogP contribution in [0.3, 0.4) is 0 Å². The normalized spacial score (nSPS) is 18.3. The van der Waals surface area contributed by atoms with Gasteiger partial charge in [0.1, 0.15) is 11.5 Å². The van der Waals surface area contributed by atoms with Crippen LogP contribution in [0.15, 0.2) is 36.7 Å². The molecular weight excluding hydrogens is 448 g/mol. The maximum Gasteiger partial charge on any atom is 0.255 e. The highest BCUT2D eigenvalue weighted by molar-refractivity contribution is 6.33. The van der Waals surface area contributed by atoms with Crippen LogP contribution in [0, 0.1) is 0 Å². The Hall–Kier alpha value is -2.59. The van der Waals surface area contributed by atoms with Crippen molar-refractivity contribution in [2.45, 2.75) is 31.4 Å². The van der Waals surface area contributed by atoms with Crippen molar-refractivity contribution >= 4 is 23.2 Å². The lowest BCUT2D eigenvalue weighted by atomic mass is 10.0. The van der Waals surface area contributed by atoms with Gasteiger partial charge in [-0.3, -0.25) is 9.78 Å². The molecule has 2 aromatic rings. The van der Waals surface area contributed by atoms with E-state index in [1.54, 1.807) is 25.6 Å². The number of nitrogens with zero attached hydrogens (tertiary/aromatic N) is 2. The summed E-state index contributed by atoms with van der Waals surface area (Å²) in [5.41, 5.74) is 6.55. The number of carbonyl (C=O) groups excluding carboxylic acids is 1. The van der Waals surface area contributed by atoms with Gasteiger partial charge in [-0.15, -0.1) is 0 Å². The van der Waals surface area contributed by atoms with Crippen LogP contribution in [0.25, 0.3) is 0 Å². The Morgan fingerprint density at radius 2 is 2.15 bits per heavy atom. The summed E-state index contributed by atoms with van der Waals surface area (Å²) in [6.07, 6.45) is 6.12. The number of unbranched alkanes of at least 4 members (excludes halogenated alkanes) is 1. The summed E-state index contributed by atoms with van der Waals surface area (Å²) in [5.74, 6) is 0.934. The fourth-order valence-electron chi connectivity index (χ4n) is 3.81. The van der Waals surface area contributed by atoms with Crippen LogP contribution in [0.2, 0.25) is 5.02 Å². The van der Waals surface area contributed by atoms with Crippen LogP contribution in [-0.4, -0.2) is 73.9 Å². The molecule has 10 heteroatoms. The van der Waals surface area contributed by atoms with E-state index in [0.29, 0.717) is 28.6 Å². The number of likely N-dealkylation sites (tertiary alicyclic amines) is 1. The Morgan fingerprint density at radius 1 is 1.33 bits per heavy atom. The highest BCUT2D eigenvalue weighted by Gasteiger charge is 2.31.